The Hall–Kier alpha value is -1.01. The Morgan fingerprint density at radius 3 is 2.53 bits per heavy atom. The van der Waals surface area contributed by atoms with Crippen LogP contribution in [0.4, 0.5) is 5.69 Å². The minimum atomic E-state index is -2.87. The number of aryl methyl sites for hydroxylation is 2. The topological polar surface area (TPSA) is 58.5 Å². The number of benzene rings is 1. The average Bonchev–Trinajstić information content (AvgIpc) is 2.68. The molecular formula is C13H16N2O2S2. The molecule has 0 spiro atoms. The van der Waals surface area contributed by atoms with E-state index < -0.39 is 9.84 Å². The normalized spacial score (nSPS) is 28.0. The number of nitrogens with one attached hydrogen (secondary N) is 1. The maximum atomic E-state index is 11.5. The van der Waals surface area contributed by atoms with Crippen LogP contribution in [0.1, 0.15) is 11.1 Å². The quantitative estimate of drug-likeness (QED) is 0.861. The summed E-state index contributed by atoms with van der Waals surface area (Å²) in [5.41, 5.74) is 3.43. The molecule has 0 saturated carbocycles. The van der Waals surface area contributed by atoms with Gasteiger partial charge >= 0.3 is 0 Å². The zero-order valence-electron chi connectivity index (χ0n) is 10.9. The molecule has 6 heteroatoms. The van der Waals surface area contributed by atoms with E-state index in [4.69, 9.17) is 0 Å². The van der Waals surface area contributed by atoms with Gasteiger partial charge in [0.05, 0.1) is 17.5 Å². The van der Waals surface area contributed by atoms with E-state index >= 15 is 0 Å². The number of rotatable bonds is 1. The predicted octanol–water partition coefficient (Wildman–Crippen LogP) is 1.98. The molecule has 2 aliphatic rings. The van der Waals surface area contributed by atoms with Crippen LogP contribution in [0.3, 0.4) is 0 Å². The van der Waals surface area contributed by atoms with Gasteiger partial charge in [0.15, 0.2) is 15.0 Å². The van der Waals surface area contributed by atoms with Crippen molar-refractivity contribution in [1.82, 2.24) is 0 Å². The van der Waals surface area contributed by atoms with Crippen molar-refractivity contribution in [2.45, 2.75) is 25.1 Å². The molecule has 1 aromatic rings. The lowest BCUT2D eigenvalue weighted by Crippen LogP contribution is -2.13. The molecule has 3 rings (SSSR count). The van der Waals surface area contributed by atoms with Gasteiger partial charge in [-0.2, -0.15) is 0 Å². The molecule has 1 saturated heterocycles. The Kier molecular flexibility index (Phi) is 3.09. The fraction of sp³-hybridized carbons (Fsp3) is 0.462. The van der Waals surface area contributed by atoms with Crippen LogP contribution >= 0.6 is 11.8 Å². The second kappa shape index (κ2) is 4.52. The molecule has 1 N–H and O–H groups in total. The monoisotopic (exact) mass is 296 g/mol. The molecule has 4 nitrogen and oxygen atoms in total. The molecule has 2 unspecified atom stereocenters. The molecule has 1 fully saturated rings. The van der Waals surface area contributed by atoms with Gasteiger partial charge in [-0.1, -0.05) is 17.8 Å². The lowest BCUT2D eigenvalue weighted by atomic mass is 10.1. The highest BCUT2D eigenvalue weighted by atomic mass is 32.2. The lowest BCUT2D eigenvalue weighted by molar-refractivity contribution is 0.601. The summed E-state index contributed by atoms with van der Waals surface area (Å²) in [5, 5.41) is 4.23. The number of aliphatic imine (C=N–C) groups is 1. The number of sulfone groups is 1. The first-order chi connectivity index (χ1) is 8.91. The van der Waals surface area contributed by atoms with Crippen LogP contribution in [0.15, 0.2) is 23.2 Å². The number of amidine groups is 1. The summed E-state index contributed by atoms with van der Waals surface area (Å²) in [6.07, 6.45) is 0. The number of anilines is 1. The Labute approximate surface area is 117 Å². The van der Waals surface area contributed by atoms with Crippen LogP contribution in [0.5, 0.6) is 0 Å². The summed E-state index contributed by atoms with van der Waals surface area (Å²) < 4.78 is 23.0. The molecular weight excluding hydrogens is 280 g/mol. The van der Waals surface area contributed by atoms with Crippen molar-refractivity contribution >= 4 is 32.5 Å². The predicted molar refractivity (Wildman–Crippen MR) is 80.8 cm³/mol. The van der Waals surface area contributed by atoms with Gasteiger partial charge in [0.2, 0.25) is 0 Å². The highest BCUT2D eigenvalue weighted by Crippen LogP contribution is 2.34. The van der Waals surface area contributed by atoms with E-state index in [2.05, 4.69) is 42.4 Å². The third-order valence-electron chi connectivity index (χ3n) is 3.29. The molecule has 0 aromatic heterocycles. The third-order valence-corrected chi connectivity index (χ3v) is 6.43. The van der Waals surface area contributed by atoms with Gasteiger partial charge in [-0.15, -0.1) is 0 Å². The third kappa shape index (κ3) is 2.79. The molecule has 2 aliphatic heterocycles. The standard InChI is InChI=1S/C13H16N2O2S2/c1-8-3-9(2)5-10(4-8)14-13-15-11-6-19(16,17)7-12(11)18-13/h3-5,11-12H,6-7H2,1-2H3,(H,14,15). The Bertz CT molecular complexity index is 632. The minimum Gasteiger partial charge on any atom is -0.335 e. The highest BCUT2D eigenvalue weighted by Gasteiger charge is 2.42. The first-order valence-corrected chi connectivity index (χ1v) is 8.92. The summed E-state index contributed by atoms with van der Waals surface area (Å²) in [7, 11) is -2.87. The van der Waals surface area contributed by atoms with Crippen LogP contribution < -0.4 is 5.32 Å². The van der Waals surface area contributed by atoms with Crippen molar-refractivity contribution in [2.24, 2.45) is 4.99 Å². The average molecular weight is 296 g/mol. The van der Waals surface area contributed by atoms with Gasteiger partial charge in [0, 0.05) is 10.9 Å². The summed E-state index contributed by atoms with van der Waals surface area (Å²) in [4.78, 5) is 4.49. The molecule has 0 bridgehead atoms. The second-order valence-corrected chi connectivity index (χ2v) is 8.62. The molecule has 2 atom stereocenters. The van der Waals surface area contributed by atoms with E-state index in [1.54, 1.807) is 11.8 Å². The van der Waals surface area contributed by atoms with Crippen molar-refractivity contribution in [3.05, 3.63) is 29.3 Å². The summed E-state index contributed by atoms with van der Waals surface area (Å²) >= 11 is 1.55. The van der Waals surface area contributed by atoms with E-state index in [-0.39, 0.29) is 22.8 Å². The van der Waals surface area contributed by atoms with Crippen molar-refractivity contribution in [2.75, 3.05) is 16.8 Å². The number of fused-ring (bicyclic) bond motifs is 1. The smallest absolute Gasteiger partial charge is 0.161 e. The molecule has 0 aliphatic carbocycles. The lowest BCUT2D eigenvalue weighted by Gasteiger charge is -2.08. The molecule has 19 heavy (non-hydrogen) atoms. The zero-order chi connectivity index (χ0) is 13.6. The number of thioether (sulfide) groups is 1. The Morgan fingerprint density at radius 1 is 1.21 bits per heavy atom. The largest absolute Gasteiger partial charge is 0.335 e. The van der Waals surface area contributed by atoms with Crippen LogP contribution in [0, 0.1) is 13.8 Å². The zero-order valence-corrected chi connectivity index (χ0v) is 12.5. The van der Waals surface area contributed by atoms with Gasteiger partial charge in [0.25, 0.3) is 0 Å². The second-order valence-electron chi connectivity index (χ2n) is 5.24. The highest BCUT2D eigenvalue weighted by molar-refractivity contribution is 8.15. The molecule has 1 aromatic carbocycles. The molecule has 0 radical (unpaired) electrons. The van der Waals surface area contributed by atoms with E-state index in [1.807, 2.05) is 0 Å². The van der Waals surface area contributed by atoms with Gasteiger partial charge in [0.1, 0.15) is 0 Å². The number of hydrogen-bond donors (Lipinski definition) is 1. The summed E-state index contributed by atoms with van der Waals surface area (Å²) in [6, 6.07) is 6.20. The van der Waals surface area contributed by atoms with E-state index in [0.717, 1.165) is 10.9 Å². The van der Waals surface area contributed by atoms with E-state index in [1.165, 1.54) is 11.1 Å². The number of hydrogen-bond acceptors (Lipinski definition) is 5. The van der Waals surface area contributed by atoms with Gasteiger partial charge in [-0.3, -0.25) is 4.99 Å². The van der Waals surface area contributed by atoms with Crippen LogP contribution in [-0.4, -0.2) is 36.4 Å². The summed E-state index contributed by atoms with van der Waals surface area (Å²) in [6.45, 7) is 4.12. The first-order valence-electron chi connectivity index (χ1n) is 6.21. The SMILES string of the molecule is Cc1cc(C)cc(NC2=NC3CS(=O)(=O)CC3S2)c1. The maximum Gasteiger partial charge on any atom is 0.161 e. The van der Waals surface area contributed by atoms with E-state index in [9.17, 15) is 8.42 Å². The first kappa shape index (κ1) is 13.0. The Morgan fingerprint density at radius 2 is 1.89 bits per heavy atom. The molecule has 2 heterocycles. The Balaban J connectivity index is 1.76. The minimum absolute atomic E-state index is 0.0663. The van der Waals surface area contributed by atoms with E-state index in [0.29, 0.717) is 0 Å². The van der Waals surface area contributed by atoms with Crippen molar-refractivity contribution in [3.63, 3.8) is 0 Å². The van der Waals surface area contributed by atoms with Crippen molar-refractivity contribution < 1.29 is 8.42 Å². The number of nitrogens with zero attached hydrogens (tertiary/aromatic N) is 1. The van der Waals surface area contributed by atoms with Gasteiger partial charge < -0.3 is 5.32 Å². The fourth-order valence-electron chi connectivity index (χ4n) is 2.59. The van der Waals surface area contributed by atoms with Gasteiger partial charge in [-0.05, 0) is 37.1 Å². The summed E-state index contributed by atoms with van der Waals surface area (Å²) in [5.74, 6) is 0.451. The van der Waals surface area contributed by atoms with Crippen molar-refractivity contribution in [3.8, 4) is 0 Å². The van der Waals surface area contributed by atoms with Crippen molar-refractivity contribution in [1.29, 1.82) is 0 Å². The maximum absolute atomic E-state index is 11.5. The van der Waals surface area contributed by atoms with Crippen LogP contribution in [0.2, 0.25) is 0 Å². The van der Waals surface area contributed by atoms with Gasteiger partial charge in [-0.25, -0.2) is 8.42 Å². The molecule has 0 amide bonds. The fourth-order valence-corrected chi connectivity index (χ4v) is 6.26. The van der Waals surface area contributed by atoms with Crippen LogP contribution in [-0.2, 0) is 9.84 Å². The molecule has 102 valence electrons. The van der Waals surface area contributed by atoms with Crippen LogP contribution in [0.25, 0.3) is 0 Å².